The number of fused-ring (bicyclic) bond motifs is 1. The lowest BCUT2D eigenvalue weighted by molar-refractivity contribution is -0.135. The van der Waals surface area contributed by atoms with E-state index >= 15 is 0 Å². The highest BCUT2D eigenvalue weighted by molar-refractivity contribution is 6.00. The van der Waals surface area contributed by atoms with Crippen LogP contribution in [0.4, 0.5) is 0 Å². The van der Waals surface area contributed by atoms with Crippen molar-refractivity contribution in [3.05, 3.63) is 34.2 Å². The average molecular weight is 330 g/mol. The van der Waals surface area contributed by atoms with Crippen molar-refractivity contribution in [1.82, 2.24) is 19.8 Å². The molecule has 0 bridgehead atoms. The second-order valence-electron chi connectivity index (χ2n) is 5.91. The summed E-state index contributed by atoms with van der Waals surface area (Å²) in [7, 11) is 1.63. The van der Waals surface area contributed by atoms with Crippen LogP contribution in [0.3, 0.4) is 0 Å². The fraction of sp³-hybridized carbons (Fsp3) is 0.375. The molecule has 1 atom stereocenters. The molecule has 1 aliphatic rings. The Labute approximate surface area is 137 Å². The number of imide groups is 1. The van der Waals surface area contributed by atoms with E-state index in [1.807, 2.05) is 6.07 Å². The molecule has 1 saturated heterocycles. The van der Waals surface area contributed by atoms with Crippen LogP contribution < -0.4 is 16.3 Å². The number of aromatic nitrogens is 2. The molecule has 1 aromatic heterocycles. The van der Waals surface area contributed by atoms with Gasteiger partial charge < -0.3 is 5.32 Å². The zero-order valence-corrected chi connectivity index (χ0v) is 13.5. The van der Waals surface area contributed by atoms with Gasteiger partial charge in [0.2, 0.25) is 17.7 Å². The van der Waals surface area contributed by atoms with E-state index in [0.717, 1.165) is 5.56 Å². The second kappa shape index (κ2) is 5.95. The molecule has 1 unspecified atom stereocenters. The van der Waals surface area contributed by atoms with Gasteiger partial charge in [-0.1, -0.05) is 6.07 Å². The molecule has 2 heterocycles. The molecule has 2 aromatic rings. The van der Waals surface area contributed by atoms with Gasteiger partial charge in [0, 0.05) is 26.9 Å². The molecule has 8 heteroatoms. The molecule has 0 spiro atoms. The molecule has 3 rings (SSSR count). The van der Waals surface area contributed by atoms with Crippen LogP contribution in [-0.2, 0) is 28.0 Å². The number of nitrogens with zero attached hydrogens (tertiary/aromatic N) is 2. The van der Waals surface area contributed by atoms with Crippen LogP contribution in [0, 0.1) is 0 Å². The van der Waals surface area contributed by atoms with Crippen LogP contribution in [0.1, 0.15) is 31.4 Å². The fourth-order valence-electron chi connectivity index (χ4n) is 2.98. The number of nitrogens with one attached hydrogen (secondary N) is 2. The lowest BCUT2D eigenvalue weighted by atomic mass is 10.1. The van der Waals surface area contributed by atoms with Gasteiger partial charge in [-0.2, -0.15) is 0 Å². The van der Waals surface area contributed by atoms with Gasteiger partial charge in [0.1, 0.15) is 6.04 Å². The third kappa shape index (κ3) is 2.70. The highest BCUT2D eigenvalue weighted by Crippen LogP contribution is 2.23. The normalized spacial score (nSPS) is 17.8. The van der Waals surface area contributed by atoms with E-state index in [4.69, 9.17) is 0 Å². The van der Waals surface area contributed by atoms with E-state index in [2.05, 4.69) is 10.6 Å². The summed E-state index contributed by atoms with van der Waals surface area (Å²) < 4.78 is 2.90. The van der Waals surface area contributed by atoms with Gasteiger partial charge in [0.05, 0.1) is 11.0 Å². The predicted octanol–water partition coefficient (Wildman–Crippen LogP) is -0.0462. The first-order chi connectivity index (χ1) is 11.4. The summed E-state index contributed by atoms with van der Waals surface area (Å²) >= 11 is 0. The van der Waals surface area contributed by atoms with Crippen molar-refractivity contribution in [2.45, 2.75) is 32.4 Å². The maximum atomic E-state index is 12.6. The van der Waals surface area contributed by atoms with Crippen LogP contribution in [-0.4, -0.2) is 26.9 Å². The Hall–Kier alpha value is -2.90. The molecule has 1 fully saturated rings. The standard InChI is InChI=1S/C16H18N4O4/c1-9(21)17-8-10-3-4-11-13(7-10)19(2)16(24)20(11)12-5-6-14(22)18-15(12)23/h3-4,7,12H,5-6,8H2,1-2H3,(H,17,21)(H,18,22,23). The van der Waals surface area contributed by atoms with Crippen molar-refractivity contribution in [1.29, 1.82) is 0 Å². The molecule has 1 aliphatic heterocycles. The van der Waals surface area contributed by atoms with Crippen molar-refractivity contribution in [2.24, 2.45) is 7.05 Å². The smallest absolute Gasteiger partial charge is 0.329 e. The Kier molecular flexibility index (Phi) is 3.96. The fourth-order valence-corrected chi connectivity index (χ4v) is 2.98. The summed E-state index contributed by atoms with van der Waals surface area (Å²) in [6.07, 6.45) is 0.511. The topological polar surface area (TPSA) is 102 Å². The number of aryl methyl sites for hydroxylation is 1. The number of hydrogen-bond donors (Lipinski definition) is 2. The summed E-state index contributed by atoms with van der Waals surface area (Å²) in [5.41, 5.74) is 1.85. The largest absolute Gasteiger partial charge is 0.352 e. The van der Waals surface area contributed by atoms with Crippen LogP contribution in [0.5, 0.6) is 0 Å². The number of piperidine rings is 1. The van der Waals surface area contributed by atoms with Gasteiger partial charge in [-0.05, 0) is 24.1 Å². The third-order valence-electron chi connectivity index (χ3n) is 4.22. The summed E-state index contributed by atoms with van der Waals surface area (Å²) in [5, 5.41) is 4.99. The molecule has 3 amide bonds. The van der Waals surface area contributed by atoms with Gasteiger partial charge in [-0.15, -0.1) is 0 Å². The lowest BCUT2D eigenvalue weighted by Gasteiger charge is -2.21. The molecule has 126 valence electrons. The van der Waals surface area contributed by atoms with Crippen molar-refractivity contribution >= 4 is 28.8 Å². The maximum absolute atomic E-state index is 12.6. The number of benzene rings is 1. The van der Waals surface area contributed by atoms with Crippen LogP contribution in [0.2, 0.25) is 0 Å². The van der Waals surface area contributed by atoms with Crippen molar-refractivity contribution in [3.63, 3.8) is 0 Å². The van der Waals surface area contributed by atoms with Crippen molar-refractivity contribution in [3.8, 4) is 0 Å². The molecular weight excluding hydrogens is 312 g/mol. The second-order valence-corrected chi connectivity index (χ2v) is 5.91. The molecule has 24 heavy (non-hydrogen) atoms. The minimum absolute atomic E-state index is 0.134. The van der Waals surface area contributed by atoms with E-state index in [9.17, 15) is 19.2 Å². The van der Waals surface area contributed by atoms with E-state index in [-0.39, 0.29) is 23.9 Å². The van der Waals surface area contributed by atoms with Crippen LogP contribution in [0.25, 0.3) is 11.0 Å². The highest BCUT2D eigenvalue weighted by atomic mass is 16.2. The summed E-state index contributed by atoms with van der Waals surface area (Å²) in [5.74, 6) is -0.907. The number of hydrogen-bond acceptors (Lipinski definition) is 4. The molecular formula is C16H18N4O4. The van der Waals surface area contributed by atoms with Crippen molar-refractivity contribution in [2.75, 3.05) is 0 Å². The molecule has 0 aliphatic carbocycles. The summed E-state index contributed by atoms with van der Waals surface area (Å²) in [4.78, 5) is 47.0. The van der Waals surface area contributed by atoms with Gasteiger partial charge >= 0.3 is 5.69 Å². The van der Waals surface area contributed by atoms with Gasteiger partial charge in [0.15, 0.2) is 0 Å². The quantitative estimate of drug-likeness (QED) is 0.771. The Bertz CT molecular complexity index is 909. The van der Waals surface area contributed by atoms with E-state index in [0.29, 0.717) is 24.0 Å². The number of carbonyl (C=O) groups excluding carboxylic acids is 3. The number of amides is 3. The zero-order chi connectivity index (χ0) is 17.4. The highest BCUT2D eigenvalue weighted by Gasteiger charge is 2.31. The van der Waals surface area contributed by atoms with Gasteiger partial charge in [-0.25, -0.2) is 4.79 Å². The molecule has 0 radical (unpaired) electrons. The first kappa shape index (κ1) is 16.0. The number of rotatable bonds is 3. The third-order valence-corrected chi connectivity index (χ3v) is 4.22. The van der Waals surface area contributed by atoms with Crippen LogP contribution >= 0.6 is 0 Å². The average Bonchev–Trinajstić information content (AvgIpc) is 2.77. The predicted molar refractivity (Wildman–Crippen MR) is 86.1 cm³/mol. The van der Waals surface area contributed by atoms with Gasteiger partial charge in [-0.3, -0.25) is 28.8 Å². The zero-order valence-electron chi connectivity index (χ0n) is 13.5. The minimum atomic E-state index is -0.694. The summed E-state index contributed by atoms with van der Waals surface area (Å²) in [6, 6.07) is 4.69. The molecule has 2 N–H and O–H groups in total. The first-order valence-electron chi connectivity index (χ1n) is 7.66. The Balaban J connectivity index is 2.05. The number of carbonyl (C=O) groups is 3. The molecule has 8 nitrogen and oxygen atoms in total. The van der Waals surface area contributed by atoms with E-state index in [1.165, 1.54) is 16.1 Å². The SMILES string of the molecule is CC(=O)NCc1ccc2c(c1)n(C)c(=O)n2C1CCC(=O)NC1=O. The first-order valence-corrected chi connectivity index (χ1v) is 7.66. The monoisotopic (exact) mass is 330 g/mol. The summed E-state index contributed by atoms with van der Waals surface area (Å²) in [6.45, 7) is 1.80. The van der Waals surface area contributed by atoms with Gasteiger partial charge in [0.25, 0.3) is 0 Å². The van der Waals surface area contributed by atoms with Crippen molar-refractivity contribution < 1.29 is 14.4 Å². The lowest BCUT2D eigenvalue weighted by Crippen LogP contribution is -2.44. The number of imidazole rings is 1. The van der Waals surface area contributed by atoms with Crippen LogP contribution in [0.15, 0.2) is 23.0 Å². The molecule has 0 saturated carbocycles. The van der Waals surface area contributed by atoms with E-state index in [1.54, 1.807) is 19.2 Å². The Morgan fingerprint density at radius 2 is 2.04 bits per heavy atom. The Morgan fingerprint density at radius 1 is 1.29 bits per heavy atom. The minimum Gasteiger partial charge on any atom is -0.352 e. The maximum Gasteiger partial charge on any atom is 0.329 e. The Morgan fingerprint density at radius 3 is 2.71 bits per heavy atom. The molecule has 1 aromatic carbocycles. The van der Waals surface area contributed by atoms with E-state index < -0.39 is 11.9 Å².